The highest BCUT2D eigenvalue weighted by Crippen LogP contribution is 2.40. The molecule has 5 heterocycles. The molecule has 10 rings (SSSR count). The van der Waals surface area contributed by atoms with Crippen molar-refractivity contribution < 1.29 is 4.42 Å². The van der Waals surface area contributed by atoms with E-state index in [1.807, 2.05) is 36.7 Å². The van der Waals surface area contributed by atoms with E-state index in [2.05, 4.69) is 118 Å². The van der Waals surface area contributed by atoms with Gasteiger partial charge in [0.15, 0.2) is 0 Å². The van der Waals surface area contributed by atoms with Gasteiger partial charge in [0.25, 0.3) is 0 Å². The number of hydrogen-bond donors (Lipinski definition) is 0. The summed E-state index contributed by atoms with van der Waals surface area (Å²) >= 11 is 0. The molecule has 0 spiro atoms. The maximum absolute atomic E-state index is 6.32. The molecule has 0 radical (unpaired) electrons. The van der Waals surface area contributed by atoms with Crippen LogP contribution in [-0.2, 0) is 0 Å². The SMILES string of the molecule is c1ccc2c(c1)oc1cccc(-c3cc(-n4c5ccccc5c5cccnc54)cc(-n4c5ccccc5c5cccnc54)c3)c12. The zero-order valence-electron chi connectivity index (χ0n) is 24.1. The highest BCUT2D eigenvalue weighted by Gasteiger charge is 2.19. The number of furan rings is 1. The van der Waals surface area contributed by atoms with Crippen LogP contribution < -0.4 is 0 Å². The van der Waals surface area contributed by atoms with E-state index in [9.17, 15) is 0 Å². The number of fused-ring (bicyclic) bond motifs is 9. The first-order valence-electron chi connectivity index (χ1n) is 15.1. The molecular formula is C40H24N4O. The molecule has 5 heteroatoms. The van der Waals surface area contributed by atoms with Gasteiger partial charge in [-0.25, -0.2) is 9.97 Å². The molecule has 5 nitrogen and oxygen atoms in total. The Kier molecular flexibility index (Phi) is 4.93. The third-order valence-corrected chi connectivity index (χ3v) is 9.00. The molecule has 0 fully saturated rings. The van der Waals surface area contributed by atoms with Crippen LogP contribution in [-0.4, -0.2) is 19.1 Å². The van der Waals surface area contributed by atoms with Gasteiger partial charge in [-0.1, -0.05) is 66.7 Å². The van der Waals surface area contributed by atoms with Crippen molar-refractivity contribution in [2.75, 3.05) is 0 Å². The van der Waals surface area contributed by atoms with Gasteiger partial charge in [-0.05, 0) is 77.9 Å². The number of benzene rings is 5. The van der Waals surface area contributed by atoms with Crippen LogP contribution in [0.3, 0.4) is 0 Å². The Morgan fingerprint density at radius 2 is 0.978 bits per heavy atom. The summed E-state index contributed by atoms with van der Waals surface area (Å²) in [5.41, 5.74) is 10.1. The first-order chi connectivity index (χ1) is 22.3. The Balaban J connectivity index is 1.36. The van der Waals surface area contributed by atoms with Gasteiger partial charge in [0.2, 0.25) is 0 Å². The Morgan fingerprint density at radius 1 is 0.444 bits per heavy atom. The van der Waals surface area contributed by atoms with Gasteiger partial charge in [0, 0.05) is 44.7 Å². The molecule has 0 N–H and O–H groups in total. The van der Waals surface area contributed by atoms with Gasteiger partial charge in [0.05, 0.1) is 22.4 Å². The lowest BCUT2D eigenvalue weighted by molar-refractivity contribution is 0.669. The second kappa shape index (κ2) is 9.15. The molecule has 0 unspecified atom stereocenters. The van der Waals surface area contributed by atoms with E-state index < -0.39 is 0 Å². The van der Waals surface area contributed by atoms with Gasteiger partial charge >= 0.3 is 0 Å². The van der Waals surface area contributed by atoms with Crippen LogP contribution in [0.4, 0.5) is 0 Å². The van der Waals surface area contributed by atoms with E-state index in [4.69, 9.17) is 14.4 Å². The van der Waals surface area contributed by atoms with Gasteiger partial charge in [-0.3, -0.25) is 9.13 Å². The molecule has 0 saturated heterocycles. The van der Waals surface area contributed by atoms with Crippen LogP contribution in [0.1, 0.15) is 0 Å². The van der Waals surface area contributed by atoms with Crippen LogP contribution in [0.25, 0.3) is 88.3 Å². The summed E-state index contributed by atoms with van der Waals surface area (Å²) in [5, 5.41) is 6.81. The minimum atomic E-state index is 0.873. The summed E-state index contributed by atoms with van der Waals surface area (Å²) in [6, 6.07) is 46.8. The fourth-order valence-electron chi connectivity index (χ4n) is 7.14. The Labute approximate surface area is 257 Å². The summed E-state index contributed by atoms with van der Waals surface area (Å²) in [7, 11) is 0. The van der Waals surface area contributed by atoms with Crippen LogP contribution in [0.5, 0.6) is 0 Å². The van der Waals surface area contributed by atoms with Crippen molar-refractivity contribution in [3.63, 3.8) is 0 Å². The van der Waals surface area contributed by atoms with Crippen molar-refractivity contribution in [2.45, 2.75) is 0 Å². The number of rotatable bonds is 3. The molecule has 45 heavy (non-hydrogen) atoms. The summed E-state index contributed by atoms with van der Waals surface area (Å²) in [6.45, 7) is 0. The molecule has 0 atom stereocenters. The first-order valence-corrected chi connectivity index (χ1v) is 15.1. The van der Waals surface area contributed by atoms with E-state index in [1.54, 1.807) is 0 Å². The molecule has 0 aliphatic heterocycles. The predicted molar refractivity (Wildman–Crippen MR) is 183 cm³/mol. The largest absolute Gasteiger partial charge is 0.456 e. The minimum Gasteiger partial charge on any atom is -0.456 e. The van der Waals surface area contributed by atoms with E-state index in [0.29, 0.717) is 0 Å². The second-order valence-corrected chi connectivity index (χ2v) is 11.5. The van der Waals surface area contributed by atoms with Crippen molar-refractivity contribution in [1.29, 1.82) is 0 Å². The zero-order chi connectivity index (χ0) is 29.5. The maximum atomic E-state index is 6.32. The fourth-order valence-corrected chi connectivity index (χ4v) is 7.14. The van der Waals surface area contributed by atoms with Gasteiger partial charge < -0.3 is 4.42 Å². The van der Waals surface area contributed by atoms with E-state index in [1.165, 1.54) is 10.8 Å². The fraction of sp³-hybridized carbons (Fsp3) is 0. The van der Waals surface area contributed by atoms with Crippen molar-refractivity contribution >= 4 is 65.8 Å². The summed E-state index contributed by atoms with van der Waals surface area (Å²) in [6.07, 6.45) is 3.75. The lowest BCUT2D eigenvalue weighted by Gasteiger charge is -2.15. The van der Waals surface area contributed by atoms with E-state index >= 15 is 0 Å². The summed E-state index contributed by atoms with van der Waals surface area (Å²) in [4.78, 5) is 9.80. The Hall–Kier alpha value is -6.20. The monoisotopic (exact) mass is 576 g/mol. The number of nitrogens with zero attached hydrogens (tertiary/aromatic N) is 4. The van der Waals surface area contributed by atoms with Crippen LogP contribution >= 0.6 is 0 Å². The van der Waals surface area contributed by atoms with Crippen LogP contribution in [0.15, 0.2) is 150 Å². The second-order valence-electron chi connectivity index (χ2n) is 11.5. The number of aromatic nitrogens is 4. The lowest BCUT2D eigenvalue weighted by atomic mass is 9.98. The molecule has 0 bridgehead atoms. The molecule has 5 aromatic carbocycles. The van der Waals surface area contributed by atoms with Crippen molar-refractivity contribution in [1.82, 2.24) is 19.1 Å². The van der Waals surface area contributed by atoms with E-state index in [0.717, 1.165) is 77.5 Å². The standard InChI is InChI=1S/C40H24N4O/c1-4-16-34-29(10-1)31-14-8-20-41-39(31)43(34)26-22-25(28-13-7-19-37-38(28)33-12-3-6-18-36(33)45-37)23-27(24-26)44-35-17-5-2-11-30(35)32-15-9-21-42-40(32)44/h1-24H. The molecule has 210 valence electrons. The van der Waals surface area contributed by atoms with Gasteiger partial charge in [-0.2, -0.15) is 0 Å². The highest BCUT2D eigenvalue weighted by molar-refractivity contribution is 6.13. The summed E-state index contributed by atoms with van der Waals surface area (Å²) < 4.78 is 10.9. The molecular weight excluding hydrogens is 552 g/mol. The van der Waals surface area contributed by atoms with Crippen molar-refractivity contribution in [2.24, 2.45) is 0 Å². The molecule has 0 amide bonds. The molecule has 0 aliphatic carbocycles. The molecule has 5 aromatic heterocycles. The minimum absolute atomic E-state index is 0.873. The highest BCUT2D eigenvalue weighted by atomic mass is 16.3. The molecule has 10 aromatic rings. The van der Waals surface area contributed by atoms with Crippen LogP contribution in [0, 0.1) is 0 Å². The lowest BCUT2D eigenvalue weighted by Crippen LogP contribution is -2.01. The predicted octanol–water partition coefficient (Wildman–Crippen LogP) is 10.2. The first kappa shape index (κ1) is 24.3. The number of para-hydroxylation sites is 3. The van der Waals surface area contributed by atoms with Crippen molar-refractivity contribution in [3.8, 4) is 22.5 Å². The van der Waals surface area contributed by atoms with E-state index in [-0.39, 0.29) is 0 Å². The molecule has 0 aliphatic rings. The zero-order valence-corrected chi connectivity index (χ0v) is 24.1. The third kappa shape index (κ3) is 3.43. The normalized spacial score (nSPS) is 12.0. The maximum Gasteiger partial charge on any atom is 0.145 e. The number of pyridine rings is 2. The third-order valence-electron chi connectivity index (χ3n) is 9.00. The number of hydrogen-bond acceptors (Lipinski definition) is 3. The average Bonchev–Trinajstić information content (AvgIpc) is 3.76. The van der Waals surface area contributed by atoms with Gasteiger partial charge in [0.1, 0.15) is 22.5 Å². The average molecular weight is 577 g/mol. The smallest absolute Gasteiger partial charge is 0.145 e. The summed E-state index contributed by atoms with van der Waals surface area (Å²) in [5.74, 6) is 0. The van der Waals surface area contributed by atoms with Gasteiger partial charge in [-0.15, -0.1) is 0 Å². The van der Waals surface area contributed by atoms with Crippen LogP contribution in [0.2, 0.25) is 0 Å². The Morgan fingerprint density at radius 3 is 1.62 bits per heavy atom. The topological polar surface area (TPSA) is 48.8 Å². The quantitative estimate of drug-likeness (QED) is 0.210. The Bertz CT molecular complexity index is 2540. The van der Waals surface area contributed by atoms with Crippen molar-refractivity contribution in [3.05, 3.63) is 146 Å². The molecule has 0 saturated carbocycles.